The molecule has 3 rings (SSSR count). The van der Waals surface area contributed by atoms with Crippen molar-refractivity contribution in [2.75, 3.05) is 13.1 Å². The predicted molar refractivity (Wildman–Crippen MR) is 97.4 cm³/mol. The topological polar surface area (TPSA) is 90.5 Å². The van der Waals surface area contributed by atoms with Gasteiger partial charge in [-0.25, -0.2) is 4.79 Å². The number of piperidine rings is 1. The van der Waals surface area contributed by atoms with Crippen molar-refractivity contribution >= 4 is 17.8 Å². The zero-order chi connectivity index (χ0) is 18.9. The Kier molecular flexibility index (Phi) is 5.00. The number of aryl methyl sites for hydroxylation is 1. The molecule has 0 saturated carbocycles. The lowest BCUT2D eigenvalue weighted by molar-refractivity contribution is -0.135. The molecular weight excluding hydrogens is 332 g/mol. The van der Waals surface area contributed by atoms with Gasteiger partial charge < -0.3 is 16.0 Å². The Balaban J connectivity index is 1.68. The molecule has 26 heavy (non-hydrogen) atoms. The summed E-state index contributed by atoms with van der Waals surface area (Å²) < 4.78 is 0. The number of hydrogen-bond acceptors (Lipinski definition) is 4. The minimum Gasteiger partial charge on any atom is -0.350 e. The third-order valence-electron chi connectivity index (χ3n) is 5.31. The summed E-state index contributed by atoms with van der Waals surface area (Å²) in [5.41, 5.74) is 0.625. The van der Waals surface area contributed by atoms with Gasteiger partial charge in [0.25, 0.3) is 5.91 Å². The third-order valence-corrected chi connectivity index (χ3v) is 5.31. The van der Waals surface area contributed by atoms with E-state index in [1.54, 1.807) is 6.92 Å². The Morgan fingerprint density at radius 1 is 1.31 bits per heavy atom. The lowest BCUT2D eigenvalue weighted by Gasteiger charge is -2.31. The Hall–Kier alpha value is -2.41. The first-order chi connectivity index (χ1) is 12.3. The summed E-state index contributed by atoms with van der Waals surface area (Å²) in [5, 5.41) is 8.98. The van der Waals surface area contributed by atoms with Gasteiger partial charge in [-0.2, -0.15) is 0 Å². The van der Waals surface area contributed by atoms with Gasteiger partial charge in [0.15, 0.2) is 0 Å². The summed E-state index contributed by atoms with van der Waals surface area (Å²) in [7, 11) is 0. The summed E-state index contributed by atoms with van der Waals surface area (Å²) in [6.07, 6.45) is 1.88. The first-order valence-electron chi connectivity index (χ1n) is 9.05. The fourth-order valence-corrected chi connectivity index (χ4v) is 3.56. The number of nitrogens with zero attached hydrogens (tertiary/aromatic N) is 1. The van der Waals surface area contributed by atoms with Crippen LogP contribution >= 0.6 is 0 Å². The van der Waals surface area contributed by atoms with Crippen molar-refractivity contribution in [2.24, 2.45) is 0 Å². The second-order valence-corrected chi connectivity index (χ2v) is 7.37. The van der Waals surface area contributed by atoms with Crippen LogP contribution < -0.4 is 16.0 Å². The molecule has 0 aromatic heterocycles. The minimum atomic E-state index is -1.15. The van der Waals surface area contributed by atoms with Crippen molar-refractivity contribution in [1.82, 2.24) is 20.9 Å². The molecule has 2 fully saturated rings. The number of imide groups is 1. The molecule has 2 aliphatic heterocycles. The van der Waals surface area contributed by atoms with Crippen molar-refractivity contribution in [2.45, 2.75) is 51.2 Å². The number of carbonyl (C=O) groups is 3. The average Bonchev–Trinajstić information content (AvgIpc) is 2.82. The van der Waals surface area contributed by atoms with Gasteiger partial charge in [-0.1, -0.05) is 29.8 Å². The minimum absolute atomic E-state index is 0.0144. The fraction of sp³-hybridized carbons (Fsp3) is 0.526. The van der Waals surface area contributed by atoms with Crippen LogP contribution in [0.2, 0.25) is 0 Å². The summed E-state index contributed by atoms with van der Waals surface area (Å²) in [6, 6.07) is 7.09. The van der Waals surface area contributed by atoms with Gasteiger partial charge in [0.1, 0.15) is 12.1 Å². The highest BCUT2D eigenvalue weighted by molar-refractivity contribution is 6.09. The van der Waals surface area contributed by atoms with E-state index in [2.05, 4.69) is 16.0 Å². The van der Waals surface area contributed by atoms with Crippen molar-refractivity contribution in [1.29, 1.82) is 0 Å². The predicted octanol–water partition coefficient (Wildman–Crippen LogP) is 1.02. The van der Waals surface area contributed by atoms with Gasteiger partial charge in [0, 0.05) is 12.1 Å². The Morgan fingerprint density at radius 2 is 2.00 bits per heavy atom. The van der Waals surface area contributed by atoms with E-state index in [9.17, 15) is 14.4 Å². The second kappa shape index (κ2) is 7.07. The van der Waals surface area contributed by atoms with Crippen molar-refractivity contribution in [3.05, 3.63) is 35.4 Å². The Morgan fingerprint density at radius 3 is 2.65 bits per heavy atom. The van der Waals surface area contributed by atoms with Crippen molar-refractivity contribution < 1.29 is 14.4 Å². The van der Waals surface area contributed by atoms with Crippen LogP contribution in [0.3, 0.4) is 0 Å². The van der Waals surface area contributed by atoms with E-state index < -0.39 is 17.5 Å². The highest BCUT2D eigenvalue weighted by Crippen LogP contribution is 2.28. The molecule has 0 aliphatic carbocycles. The fourth-order valence-electron chi connectivity index (χ4n) is 3.56. The van der Waals surface area contributed by atoms with Crippen LogP contribution in [0.5, 0.6) is 0 Å². The van der Waals surface area contributed by atoms with Gasteiger partial charge in [0.05, 0.1) is 0 Å². The van der Waals surface area contributed by atoms with Crippen LogP contribution in [0.4, 0.5) is 4.79 Å². The monoisotopic (exact) mass is 358 g/mol. The number of carbonyl (C=O) groups excluding carboxylic acids is 3. The van der Waals surface area contributed by atoms with Gasteiger partial charge in [0.2, 0.25) is 5.91 Å². The molecule has 1 aromatic carbocycles. The number of hydrogen-bond donors (Lipinski definition) is 3. The van der Waals surface area contributed by atoms with Crippen LogP contribution in [0.25, 0.3) is 0 Å². The van der Waals surface area contributed by atoms with Crippen LogP contribution in [0, 0.1) is 6.92 Å². The number of nitrogens with one attached hydrogen (secondary N) is 3. The molecule has 7 heteroatoms. The van der Waals surface area contributed by atoms with E-state index in [0.29, 0.717) is 5.56 Å². The molecule has 3 unspecified atom stereocenters. The van der Waals surface area contributed by atoms with E-state index >= 15 is 0 Å². The standard InChI is InChI=1S/C19H26N4O3/c1-12-6-8-14(9-7-12)19(3)17(25)23(18(26)22-19)11-16(24)21-15-5-4-10-20-13(15)2/h6-9,13,15,20H,4-5,10-11H2,1-3H3,(H,21,24)(H,22,26). The molecule has 0 bridgehead atoms. The lowest BCUT2D eigenvalue weighted by Crippen LogP contribution is -2.54. The SMILES string of the molecule is Cc1ccc(C2(C)NC(=O)N(CC(=O)NC3CCCNC3C)C2=O)cc1. The average molecular weight is 358 g/mol. The van der Waals surface area contributed by atoms with Gasteiger partial charge in [-0.3, -0.25) is 14.5 Å². The van der Waals surface area contributed by atoms with E-state index in [-0.39, 0.29) is 24.5 Å². The van der Waals surface area contributed by atoms with Crippen molar-refractivity contribution in [3.8, 4) is 0 Å². The molecule has 2 saturated heterocycles. The van der Waals surface area contributed by atoms with Crippen molar-refractivity contribution in [3.63, 3.8) is 0 Å². The largest absolute Gasteiger partial charge is 0.350 e. The molecule has 2 heterocycles. The maximum atomic E-state index is 12.9. The molecule has 1 aromatic rings. The van der Waals surface area contributed by atoms with Gasteiger partial charge >= 0.3 is 6.03 Å². The van der Waals surface area contributed by atoms with Crippen LogP contribution in [-0.4, -0.2) is 47.9 Å². The zero-order valence-corrected chi connectivity index (χ0v) is 15.5. The lowest BCUT2D eigenvalue weighted by atomic mass is 9.91. The van der Waals surface area contributed by atoms with Gasteiger partial charge in [-0.15, -0.1) is 0 Å². The smallest absolute Gasteiger partial charge is 0.325 e. The molecular formula is C19H26N4O3. The third kappa shape index (κ3) is 3.44. The van der Waals surface area contributed by atoms with E-state index in [1.165, 1.54) is 0 Å². The summed E-state index contributed by atoms with van der Waals surface area (Å²) in [6.45, 7) is 6.32. The van der Waals surface area contributed by atoms with Gasteiger partial charge in [-0.05, 0) is 45.7 Å². The molecule has 4 amide bonds. The molecule has 3 atom stereocenters. The molecule has 3 N–H and O–H groups in total. The number of benzene rings is 1. The summed E-state index contributed by atoms with van der Waals surface area (Å²) in [5.74, 6) is -0.724. The molecule has 0 radical (unpaired) electrons. The Labute approximate surface area is 153 Å². The maximum Gasteiger partial charge on any atom is 0.325 e. The van der Waals surface area contributed by atoms with Crippen LogP contribution in [0.1, 0.15) is 37.8 Å². The maximum absolute atomic E-state index is 12.9. The van der Waals surface area contributed by atoms with E-state index in [1.807, 2.05) is 38.1 Å². The van der Waals surface area contributed by atoms with E-state index in [0.717, 1.165) is 29.8 Å². The molecule has 140 valence electrons. The zero-order valence-electron chi connectivity index (χ0n) is 15.5. The first kappa shape index (κ1) is 18.4. The Bertz CT molecular complexity index is 718. The van der Waals surface area contributed by atoms with Crippen LogP contribution in [-0.2, 0) is 15.1 Å². The summed E-state index contributed by atoms with van der Waals surface area (Å²) >= 11 is 0. The van der Waals surface area contributed by atoms with Crippen LogP contribution in [0.15, 0.2) is 24.3 Å². The van der Waals surface area contributed by atoms with E-state index in [4.69, 9.17) is 0 Å². The number of amides is 4. The quantitative estimate of drug-likeness (QED) is 0.701. The molecule has 2 aliphatic rings. The highest BCUT2D eigenvalue weighted by Gasteiger charge is 2.49. The highest BCUT2D eigenvalue weighted by atomic mass is 16.2. The molecule has 0 spiro atoms. The number of urea groups is 1. The summed E-state index contributed by atoms with van der Waals surface area (Å²) in [4.78, 5) is 38.6. The normalized spacial score (nSPS) is 28.8. The number of rotatable bonds is 4. The molecule has 7 nitrogen and oxygen atoms in total. The second-order valence-electron chi connectivity index (χ2n) is 7.37. The first-order valence-corrected chi connectivity index (χ1v) is 9.05.